The van der Waals surface area contributed by atoms with Crippen molar-refractivity contribution in [3.63, 3.8) is 0 Å². The average Bonchev–Trinajstić information content (AvgIpc) is 3.02. The Morgan fingerprint density at radius 3 is 2.81 bits per heavy atom. The van der Waals surface area contributed by atoms with Gasteiger partial charge in [0.1, 0.15) is 24.1 Å². The molecular formula is C12H15N5O4. The second-order valence-electron chi connectivity index (χ2n) is 4.83. The minimum absolute atomic E-state index is 0.469. The lowest BCUT2D eigenvalue weighted by atomic mass is 10.1. The number of nitrogens with one attached hydrogen (secondary N) is 1. The van der Waals surface area contributed by atoms with Gasteiger partial charge in [-0.05, 0) is 6.92 Å². The minimum Gasteiger partial charge on any atom is -0.387 e. The summed E-state index contributed by atoms with van der Waals surface area (Å²) in [6.45, 7) is 1.79. The van der Waals surface area contributed by atoms with Crippen LogP contribution in [-0.4, -0.2) is 61.0 Å². The van der Waals surface area contributed by atoms with Crippen molar-refractivity contribution in [2.75, 3.05) is 7.05 Å². The maximum atomic E-state index is 11.6. The van der Waals surface area contributed by atoms with Crippen molar-refractivity contribution >= 4 is 17.1 Å². The van der Waals surface area contributed by atoms with Crippen LogP contribution in [0.1, 0.15) is 11.9 Å². The number of imidazole rings is 1. The molecule has 2 aromatic rings. The van der Waals surface area contributed by atoms with E-state index in [0.717, 1.165) is 0 Å². The summed E-state index contributed by atoms with van der Waals surface area (Å²) in [6, 6.07) is 0. The Morgan fingerprint density at radius 2 is 2.10 bits per heavy atom. The first-order valence-corrected chi connectivity index (χ1v) is 6.42. The molecule has 1 amide bonds. The number of aliphatic hydroxyl groups is 2. The summed E-state index contributed by atoms with van der Waals surface area (Å²) < 4.78 is 6.97. The number of ether oxygens (including phenoxy) is 1. The first-order valence-electron chi connectivity index (χ1n) is 6.42. The highest BCUT2D eigenvalue weighted by molar-refractivity contribution is 5.81. The van der Waals surface area contributed by atoms with Crippen LogP contribution in [0.5, 0.6) is 0 Å². The van der Waals surface area contributed by atoms with Gasteiger partial charge < -0.3 is 20.3 Å². The summed E-state index contributed by atoms with van der Waals surface area (Å²) in [5.41, 5.74) is 1.73. The molecule has 0 spiro atoms. The molecule has 1 aliphatic heterocycles. The van der Waals surface area contributed by atoms with E-state index in [1.807, 2.05) is 0 Å². The van der Waals surface area contributed by atoms with Crippen LogP contribution in [-0.2, 0) is 9.53 Å². The summed E-state index contributed by atoms with van der Waals surface area (Å²) in [4.78, 5) is 24.0. The Labute approximate surface area is 119 Å². The highest BCUT2D eigenvalue weighted by Gasteiger charge is 2.47. The first kappa shape index (κ1) is 13.9. The summed E-state index contributed by atoms with van der Waals surface area (Å²) in [5, 5.41) is 22.5. The average molecular weight is 293 g/mol. The van der Waals surface area contributed by atoms with Crippen molar-refractivity contribution in [3.05, 3.63) is 18.3 Å². The molecule has 1 fully saturated rings. The quantitative estimate of drug-likeness (QED) is 0.616. The summed E-state index contributed by atoms with van der Waals surface area (Å²) in [5.74, 6) is -0.501. The van der Waals surface area contributed by atoms with Crippen LogP contribution in [0.15, 0.2) is 12.7 Å². The molecule has 112 valence electrons. The van der Waals surface area contributed by atoms with Crippen LogP contribution in [0.2, 0.25) is 0 Å². The molecule has 0 unspecified atom stereocenters. The Bertz CT molecular complexity index is 687. The molecule has 0 bridgehead atoms. The molecule has 0 aliphatic carbocycles. The molecule has 2 aromatic heterocycles. The Hall–Kier alpha value is -2.10. The van der Waals surface area contributed by atoms with Crippen molar-refractivity contribution in [2.45, 2.75) is 31.5 Å². The monoisotopic (exact) mass is 293 g/mol. The van der Waals surface area contributed by atoms with Gasteiger partial charge in [0.25, 0.3) is 5.91 Å². The molecule has 9 nitrogen and oxygen atoms in total. The van der Waals surface area contributed by atoms with Gasteiger partial charge in [0, 0.05) is 7.05 Å². The number of aromatic nitrogens is 4. The van der Waals surface area contributed by atoms with Crippen LogP contribution in [0.3, 0.4) is 0 Å². The predicted octanol–water partition coefficient (Wildman–Crippen LogP) is -1.50. The van der Waals surface area contributed by atoms with Crippen molar-refractivity contribution < 1.29 is 19.7 Å². The van der Waals surface area contributed by atoms with E-state index in [0.29, 0.717) is 16.9 Å². The zero-order chi connectivity index (χ0) is 15.1. The van der Waals surface area contributed by atoms with Crippen LogP contribution < -0.4 is 5.32 Å². The SMILES string of the molecule is CNC(=O)[C@H]1O[C@@H](n2cnc3c(C)ncnc32)[C@H](O)[C@@H]1O. The molecule has 9 heteroatoms. The van der Waals surface area contributed by atoms with Crippen molar-refractivity contribution in [1.82, 2.24) is 24.8 Å². The highest BCUT2D eigenvalue weighted by Crippen LogP contribution is 2.31. The normalized spacial score (nSPS) is 29.0. The number of aliphatic hydroxyl groups excluding tert-OH is 2. The van der Waals surface area contributed by atoms with E-state index in [1.54, 1.807) is 6.92 Å². The number of aryl methyl sites for hydroxylation is 1. The van der Waals surface area contributed by atoms with Crippen molar-refractivity contribution in [1.29, 1.82) is 0 Å². The zero-order valence-electron chi connectivity index (χ0n) is 11.5. The molecular weight excluding hydrogens is 278 g/mol. The minimum atomic E-state index is -1.32. The smallest absolute Gasteiger partial charge is 0.251 e. The van der Waals surface area contributed by atoms with E-state index in [-0.39, 0.29) is 0 Å². The molecule has 3 rings (SSSR count). The van der Waals surface area contributed by atoms with Crippen LogP contribution in [0.4, 0.5) is 0 Å². The maximum Gasteiger partial charge on any atom is 0.251 e. The number of likely N-dealkylation sites (N-methyl/N-ethyl adjacent to an activating group) is 1. The highest BCUT2D eigenvalue weighted by atomic mass is 16.6. The van der Waals surface area contributed by atoms with Gasteiger partial charge in [-0.25, -0.2) is 15.0 Å². The van der Waals surface area contributed by atoms with E-state index in [2.05, 4.69) is 20.3 Å². The number of hydrogen-bond acceptors (Lipinski definition) is 7. The van der Waals surface area contributed by atoms with Gasteiger partial charge in [-0.3, -0.25) is 9.36 Å². The number of nitrogens with zero attached hydrogens (tertiary/aromatic N) is 4. The molecule has 0 saturated carbocycles. The molecule has 3 N–H and O–H groups in total. The fourth-order valence-corrected chi connectivity index (χ4v) is 2.40. The largest absolute Gasteiger partial charge is 0.387 e. The second-order valence-corrected chi connectivity index (χ2v) is 4.83. The van der Waals surface area contributed by atoms with E-state index in [9.17, 15) is 15.0 Å². The van der Waals surface area contributed by atoms with Crippen LogP contribution in [0, 0.1) is 6.92 Å². The number of amides is 1. The van der Waals surface area contributed by atoms with Crippen LogP contribution in [0.25, 0.3) is 11.2 Å². The Kier molecular flexibility index (Phi) is 3.32. The van der Waals surface area contributed by atoms with E-state index in [1.165, 1.54) is 24.3 Å². The lowest BCUT2D eigenvalue weighted by Crippen LogP contribution is -2.41. The summed E-state index contributed by atoms with van der Waals surface area (Å²) >= 11 is 0. The molecule has 1 saturated heterocycles. The van der Waals surface area contributed by atoms with E-state index < -0.39 is 30.4 Å². The van der Waals surface area contributed by atoms with Gasteiger partial charge in [0.05, 0.1) is 12.0 Å². The number of rotatable bonds is 2. The zero-order valence-corrected chi connectivity index (χ0v) is 11.5. The van der Waals surface area contributed by atoms with Crippen LogP contribution >= 0.6 is 0 Å². The fraction of sp³-hybridized carbons (Fsp3) is 0.500. The molecule has 0 radical (unpaired) electrons. The van der Waals surface area contributed by atoms with Gasteiger partial charge >= 0.3 is 0 Å². The van der Waals surface area contributed by atoms with Crippen molar-refractivity contribution in [2.24, 2.45) is 0 Å². The topological polar surface area (TPSA) is 122 Å². The third kappa shape index (κ3) is 2.06. The van der Waals surface area contributed by atoms with Gasteiger partial charge in [0.2, 0.25) is 0 Å². The lowest BCUT2D eigenvalue weighted by molar-refractivity contribution is -0.137. The van der Waals surface area contributed by atoms with E-state index in [4.69, 9.17) is 4.74 Å². The third-order valence-electron chi connectivity index (χ3n) is 3.56. The fourth-order valence-electron chi connectivity index (χ4n) is 2.40. The van der Waals surface area contributed by atoms with Gasteiger partial charge in [0.15, 0.2) is 18.0 Å². The number of hydrogen-bond donors (Lipinski definition) is 3. The second kappa shape index (κ2) is 5.02. The Morgan fingerprint density at radius 1 is 1.33 bits per heavy atom. The van der Waals surface area contributed by atoms with Crippen molar-refractivity contribution in [3.8, 4) is 0 Å². The summed E-state index contributed by atoms with van der Waals surface area (Å²) in [6.07, 6.45) is -1.85. The van der Waals surface area contributed by atoms with E-state index >= 15 is 0 Å². The van der Waals surface area contributed by atoms with Gasteiger partial charge in [-0.2, -0.15) is 0 Å². The number of carbonyl (C=O) groups is 1. The predicted molar refractivity (Wildman–Crippen MR) is 70.1 cm³/mol. The maximum absolute atomic E-state index is 11.6. The molecule has 1 aliphatic rings. The van der Waals surface area contributed by atoms with Gasteiger partial charge in [-0.1, -0.05) is 0 Å². The molecule has 21 heavy (non-hydrogen) atoms. The molecule has 0 aromatic carbocycles. The number of carbonyl (C=O) groups excluding carboxylic acids is 1. The first-order chi connectivity index (χ1) is 10.0. The molecule has 4 atom stereocenters. The third-order valence-corrected chi connectivity index (χ3v) is 3.56. The molecule has 3 heterocycles. The standard InChI is InChI=1S/C12H15N5O4/c1-5-6-10(15-3-14-5)17(4-16-6)12-8(19)7(18)9(21-12)11(20)13-2/h3-4,7-9,12,18-19H,1-2H3,(H,13,20)/t7-,8+,9-,12+/m0/s1. The number of fused-ring (bicyclic) bond motifs is 1. The Balaban J connectivity index is 2.00. The van der Waals surface area contributed by atoms with Gasteiger partial charge in [-0.15, -0.1) is 0 Å². The lowest BCUT2D eigenvalue weighted by Gasteiger charge is -2.16. The summed E-state index contributed by atoms with van der Waals surface area (Å²) in [7, 11) is 1.43.